The molecule has 0 aromatic carbocycles. The normalized spacial score (nSPS) is 20.3. The summed E-state index contributed by atoms with van der Waals surface area (Å²) in [4.78, 5) is 0. The maximum Gasteiger partial charge on any atom is 1.00 e. The Morgan fingerprint density at radius 1 is 0.884 bits per heavy atom. The molecule has 3 saturated heterocycles. The van der Waals surface area contributed by atoms with Gasteiger partial charge in [0.05, 0.1) is 0 Å². The molecule has 3 atom stereocenters. The van der Waals surface area contributed by atoms with Crippen molar-refractivity contribution in [1.29, 1.82) is 0 Å². The maximum absolute atomic E-state index is 10.8. The van der Waals surface area contributed by atoms with Crippen LogP contribution >= 0.6 is 60.9 Å². The molecule has 0 radical (unpaired) electrons. The van der Waals surface area contributed by atoms with Crippen molar-refractivity contribution in [2.75, 3.05) is 66.0 Å². The predicted octanol–water partition coefficient (Wildman–Crippen LogP) is 2.77. The average molecular weight is 832 g/mol. The molecular weight excluding hydrogens is 776 g/mol. The molecule has 10 nitrogen and oxygen atoms in total. The molecule has 3 fully saturated rings. The maximum atomic E-state index is 10.8. The van der Waals surface area contributed by atoms with Crippen LogP contribution in [0.5, 0.6) is 0 Å². The third-order valence-electron chi connectivity index (χ3n) is 4.11. The van der Waals surface area contributed by atoms with E-state index in [0.717, 1.165) is 70.4 Å². The van der Waals surface area contributed by atoms with Crippen LogP contribution in [0, 0.1) is 0 Å². The van der Waals surface area contributed by atoms with Crippen molar-refractivity contribution in [2.45, 2.75) is 87.5 Å². The molecule has 0 amide bonds. The number of thiol groups is 1. The van der Waals surface area contributed by atoms with Crippen LogP contribution in [-0.4, -0.2) is 106 Å². The topological polar surface area (TPSA) is 149 Å². The zero-order valence-corrected chi connectivity index (χ0v) is 36.5. The van der Waals surface area contributed by atoms with Gasteiger partial charge in [-0.3, -0.25) is 0 Å². The first-order chi connectivity index (χ1) is 20.1. The molecule has 0 bridgehead atoms. The largest absolute Gasteiger partial charge is 1.00 e. The second-order valence-corrected chi connectivity index (χ2v) is 17.9. The summed E-state index contributed by atoms with van der Waals surface area (Å²) in [6.07, 6.45) is 11.8. The summed E-state index contributed by atoms with van der Waals surface area (Å²) in [7, 11) is 4.60. The van der Waals surface area contributed by atoms with Gasteiger partial charge < -0.3 is 37.9 Å². The van der Waals surface area contributed by atoms with E-state index in [4.69, 9.17) is 29.5 Å². The minimum Gasteiger partial charge on any atom is -0.446 e. The van der Waals surface area contributed by atoms with E-state index < -0.39 is 18.5 Å². The van der Waals surface area contributed by atoms with Gasteiger partial charge in [0.15, 0.2) is 0 Å². The van der Waals surface area contributed by atoms with Crippen molar-refractivity contribution in [3.8, 4) is 0 Å². The number of aliphatic hydroxyl groups excluding tert-OH is 3. The minimum absolute atomic E-state index is 0. The number of rotatable bonds is 6. The first-order valence-corrected chi connectivity index (χ1v) is 22.5. The van der Waals surface area contributed by atoms with Crippen molar-refractivity contribution < 1.29 is 75.9 Å². The first-order valence-electron chi connectivity index (χ1n) is 13.3. The average Bonchev–Trinajstić information content (AvgIpc) is 3.01. The fourth-order valence-electron chi connectivity index (χ4n) is 2.61. The van der Waals surface area contributed by atoms with Crippen LogP contribution in [0.1, 0.15) is 71.6 Å². The molecule has 0 saturated carbocycles. The van der Waals surface area contributed by atoms with Crippen LogP contribution in [0.2, 0.25) is 0 Å². The number of hydrogen-bond donors (Lipinski definition) is 4. The van der Waals surface area contributed by atoms with E-state index in [9.17, 15) is 12.6 Å². The Labute approximate surface area is 316 Å². The van der Waals surface area contributed by atoms with E-state index in [0.29, 0.717) is 17.1 Å². The summed E-state index contributed by atoms with van der Waals surface area (Å²) in [6.45, 7) is 6.79. The van der Waals surface area contributed by atoms with E-state index in [1.54, 1.807) is 0 Å². The number of hydrogen-bond acceptors (Lipinski definition) is 16. The smallest absolute Gasteiger partial charge is 0.446 e. The predicted molar refractivity (Wildman–Crippen MR) is 194 cm³/mol. The zero-order valence-electron chi connectivity index (χ0n) is 27.1. The monoisotopic (exact) mass is 830 g/mol. The number of ether oxygens (including phenoxy) is 3. The first kappa shape index (κ1) is 58.1. The summed E-state index contributed by atoms with van der Waals surface area (Å²) < 4.78 is 51.1. The van der Waals surface area contributed by atoms with Crippen LogP contribution in [0.3, 0.4) is 0 Å². The molecule has 3 rings (SSSR count). The Morgan fingerprint density at radius 3 is 1.49 bits per heavy atom. The standard InChI is InChI=1S/C7H14OS2.C6H12O3S2.C5H9BrO.C2H6S.CH3O2S2.3CH4O.Na/c1-2-9-10-7-5-3-4-6-8-7;1-11(7,8)10-6-4-2-3-5-9-6;6-5-3-1-2-4-7-5;1-2-3;1-3-5(2)4;3*1-2;/h7H,2-6H2,1H3;6H,2-5H2,1H3;5H,1-4H2;3H,2H2,1H3;1H3;3*2H,1H3;/q;;;;-1;;;;+1. The van der Waals surface area contributed by atoms with E-state index in [2.05, 4.69) is 50.9 Å². The minimum atomic E-state index is -2.93. The van der Waals surface area contributed by atoms with Gasteiger partial charge in [-0.2, -0.15) is 12.6 Å². The van der Waals surface area contributed by atoms with E-state index in [1.807, 2.05) is 28.5 Å². The molecule has 3 N–H and O–H groups in total. The van der Waals surface area contributed by atoms with Crippen molar-refractivity contribution in [2.24, 2.45) is 0 Å². The van der Waals surface area contributed by atoms with Gasteiger partial charge in [0.25, 0.3) is 0 Å². The van der Waals surface area contributed by atoms with Gasteiger partial charge in [0.1, 0.15) is 15.9 Å². The molecule has 0 aliphatic carbocycles. The molecule has 3 aliphatic heterocycles. The summed E-state index contributed by atoms with van der Waals surface area (Å²) in [5.74, 6) is 2.13. The summed E-state index contributed by atoms with van der Waals surface area (Å²) in [6, 6.07) is 0. The van der Waals surface area contributed by atoms with Gasteiger partial charge in [0.2, 0.25) is 8.87 Å². The number of aliphatic hydroxyl groups is 3. The van der Waals surface area contributed by atoms with Gasteiger partial charge in [-0.15, -0.1) is 0 Å². The van der Waals surface area contributed by atoms with Crippen LogP contribution in [0.4, 0.5) is 0 Å². The van der Waals surface area contributed by atoms with Gasteiger partial charge in [0, 0.05) is 60.3 Å². The van der Waals surface area contributed by atoms with Crippen LogP contribution in [0.25, 0.3) is 0 Å². The van der Waals surface area contributed by atoms with Crippen LogP contribution in [0.15, 0.2) is 0 Å². The zero-order chi connectivity index (χ0) is 33.7. The third-order valence-corrected chi connectivity index (χ3v) is 10.9. The number of alkyl halides is 1. The molecule has 0 aromatic rings. The second kappa shape index (κ2) is 49.3. The Hall–Kier alpha value is 2.92. The summed E-state index contributed by atoms with van der Waals surface area (Å²) >= 11 is 11.2. The Balaban J connectivity index is -0.0000000989. The van der Waals surface area contributed by atoms with Gasteiger partial charge >= 0.3 is 29.6 Å². The SMILES string of the molecule is BrC1CCCCO1.CCS.CCSSC1CCCCO1.CO.CO.CO.CO[S-](=O)=S.CS(=O)(=O)SC1CCCCO1.[Na+]. The van der Waals surface area contributed by atoms with E-state index in [1.165, 1.54) is 57.6 Å². The fourth-order valence-corrected chi connectivity index (χ4v) is 7.58. The molecule has 0 spiro atoms. The Morgan fingerprint density at radius 2 is 1.26 bits per heavy atom. The molecule has 3 heterocycles. The van der Waals surface area contributed by atoms with E-state index >= 15 is 0 Å². The molecular formula is C24H56BrNaO10S7. The van der Waals surface area contributed by atoms with Crippen molar-refractivity contribution in [3.05, 3.63) is 0 Å². The summed E-state index contributed by atoms with van der Waals surface area (Å²) in [5, 5.41) is 21.3. The Kier molecular flexibility index (Phi) is 66.7. The number of halogens is 1. The van der Waals surface area contributed by atoms with E-state index in [-0.39, 0.29) is 35.0 Å². The molecule has 43 heavy (non-hydrogen) atoms. The fraction of sp³-hybridized carbons (Fsp3) is 1.00. The van der Waals surface area contributed by atoms with Gasteiger partial charge in [-0.1, -0.05) is 61.0 Å². The second-order valence-electron chi connectivity index (χ2n) is 7.36. The van der Waals surface area contributed by atoms with Crippen LogP contribution in [-0.2, 0) is 52.3 Å². The Bertz CT molecular complexity index is 644. The molecule has 3 aliphatic rings. The molecule has 19 heteroatoms. The summed E-state index contributed by atoms with van der Waals surface area (Å²) in [5.41, 5.74) is 0.359. The quantitative estimate of drug-likeness (QED) is 0.102. The molecule has 262 valence electrons. The molecule has 3 unspecified atom stereocenters. The van der Waals surface area contributed by atoms with Crippen molar-refractivity contribution in [1.82, 2.24) is 0 Å². The van der Waals surface area contributed by atoms with Crippen LogP contribution < -0.4 is 29.6 Å². The van der Waals surface area contributed by atoms with Crippen molar-refractivity contribution in [3.63, 3.8) is 0 Å². The molecule has 0 aromatic heterocycles. The van der Waals surface area contributed by atoms with Gasteiger partial charge in [-0.25, -0.2) is 19.6 Å². The van der Waals surface area contributed by atoms with Gasteiger partial charge in [-0.05, 0) is 74.3 Å². The van der Waals surface area contributed by atoms with Crippen molar-refractivity contribution >= 4 is 90.6 Å². The third kappa shape index (κ3) is 57.5.